The van der Waals surface area contributed by atoms with Crippen molar-refractivity contribution in [2.24, 2.45) is 0 Å². The Balaban J connectivity index is 1.29. The van der Waals surface area contributed by atoms with Crippen LogP contribution in [-0.2, 0) is 13.0 Å². The Morgan fingerprint density at radius 2 is 2.08 bits per heavy atom. The van der Waals surface area contributed by atoms with Crippen molar-refractivity contribution >= 4 is 11.7 Å². The summed E-state index contributed by atoms with van der Waals surface area (Å²) in [6.45, 7) is 4.96. The van der Waals surface area contributed by atoms with Gasteiger partial charge in [-0.2, -0.15) is 0 Å². The van der Waals surface area contributed by atoms with Gasteiger partial charge in [-0.15, -0.1) is 0 Å². The number of aromatic nitrogens is 1. The second-order valence-electron chi connectivity index (χ2n) is 6.48. The molecule has 0 spiro atoms. The molecule has 0 saturated carbocycles. The first-order chi connectivity index (χ1) is 12.3. The highest BCUT2D eigenvalue weighted by Crippen LogP contribution is 2.26. The van der Waals surface area contributed by atoms with Crippen molar-refractivity contribution in [3.8, 4) is 5.75 Å². The molecule has 0 unspecified atom stereocenters. The average molecular weight is 338 g/mol. The van der Waals surface area contributed by atoms with Gasteiger partial charge in [0.2, 0.25) is 0 Å². The molecule has 0 radical (unpaired) electrons. The number of nitrogens with zero attached hydrogens (tertiary/aromatic N) is 3. The molecule has 0 atom stereocenters. The molecule has 1 aromatic heterocycles. The molecule has 130 valence electrons. The zero-order chi connectivity index (χ0) is 17.1. The number of nitrogens with one attached hydrogen (secondary N) is 1. The highest BCUT2D eigenvalue weighted by Gasteiger charge is 2.21. The van der Waals surface area contributed by atoms with E-state index in [0.717, 1.165) is 57.2 Å². The van der Waals surface area contributed by atoms with Gasteiger partial charge in [-0.1, -0.05) is 12.1 Å². The number of carbonyl (C=O) groups excluding carboxylic acids is 1. The molecule has 2 aliphatic heterocycles. The molecule has 2 amide bonds. The highest BCUT2D eigenvalue weighted by molar-refractivity contribution is 5.89. The molecule has 4 rings (SSSR count). The molecular formula is C19H22N4O2. The fraction of sp³-hybridized carbons (Fsp3) is 0.368. The van der Waals surface area contributed by atoms with Crippen molar-refractivity contribution < 1.29 is 9.53 Å². The van der Waals surface area contributed by atoms with E-state index in [0.29, 0.717) is 0 Å². The second kappa shape index (κ2) is 7.11. The topological polar surface area (TPSA) is 57.7 Å². The van der Waals surface area contributed by atoms with Crippen molar-refractivity contribution in [2.75, 3.05) is 38.1 Å². The van der Waals surface area contributed by atoms with E-state index in [1.165, 1.54) is 11.1 Å². The van der Waals surface area contributed by atoms with Crippen LogP contribution in [0.2, 0.25) is 0 Å². The van der Waals surface area contributed by atoms with Crippen LogP contribution in [0.1, 0.15) is 11.1 Å². The van der Waals surface area contributed by atoms with Crippen molar-refractivity contribution in [1.29, 1.82) is 0 Å². The summed E-state index contributed by atoms with van der Waals surface area (Å²) in [6, 6.07) is 10.1. The molecular weight excluding hydrogens is 316 g/mol. The zero-order valence-electron chi connectivity index (χ0n) is 14.1. The fourth-order valence-electron chi connectivity index (χ4n) is 3.34. The maximum Gasteiger partial charge on any atom is 0.321 e. The fourth-order valence-corrected chi connectivity index (χ4v) is 3.34. The monoisotopic (exact) mass is 338 g/mol. The minimum atomic E-state index is -0.0534. The predicted molar refractivity (Wildman–Crippen MR) is 95.7 cm³/mol. The van der Waals surface area contributed by atoms with E-state index in [1.807, 2.05) is 17.0 Å². The second-order valence-corrected chi connectivity index (χ2v) is 6.48. The number of carbonyl (C=O) groups is 1. The molecule has 1 fully saturated rings. The minimum Gasteiger partial charge on any atom is -0.493 e. The third kappa shape index (κ3) is 3.74. The summed E-state index contributed by atoms with van der Waals surface area (Å²) in [5.41, 5.74) is 3.36. The summed E-state index contributed by atoms with van der Waals surface area (Å²) < 4.78 is 5.56. The van der Waals surface area contributed by atoms with Crippen LogP contribution >= 0.6 is 0 Å². The number of amides is 2. The SMILES string of the molecule is O=C(Nc1cccnc1)N1CCN(Cc2ccc3c(c2)CCO3)CC1. The highest BCUT2D eigenvalue weighted by atomic mass is 16.5. The molecule has 6 heteroatoms. The summed E-state index contributed by atoms with van der Waals surface area (Å²) in [4.78, 5) is 20.6. The summed E-state index contributed by atoms with van der Waals surface area (Å²) in [5.74, 6) is 1.03. The van der Waals surface area contributed by atoms with E-state index in [-0.39, 0.29) is 6.03 Å². The van der Waals surface area contributed by atoms with Gasteiger partial charge in [0.1, 0.15) is 5.75 Å². The standard InChI is InChI=1S/C19H22N4O2/c24-19(21-17-2-1-6-20-13-17)23-9-7-22(8-10-23)14-15-3-4-18-16(12-15)5-11-25-18/h1-4,6,12-13H,5,7-11,14H2,(H,21,24). The summed E-state index contributed by atoms with van der Waals surface area (Å²) in [5, 5.41) is 2.90. The zero-order valence-corrected chi connectivity index (χ0v) is 14.1. The molecule has 1 aromatic carbocycles. The molecule has 25 heavy (non-hydrogen) atoms. The number of hydrogen-bond acceptors (Lipinski definition) is 4. The van der Waals surface area contributed by atoms with Gasteiger partial charge in [-0.05, 0) is 29.3 Å². The van der Waals surface area contributed by atoms with Crippen LogP contribution in [-0.4, -0.2) is 53.6 Å². The van der Waals surface area contributed by atoms with Gasteiger partial charge in [0.05, 0.1) is 18.5 Å². The Labute approximate surface area is 147 Å². The molecule has 1 N–H and O–H groups in total. The first-order valence-corrected chi connectivity index (χ1v) is 8.71. The maximum absolute atomic E-state index is 12.3. The quantitative estimate of drug-likeness (QED) is 0.933. The van der Waals surface area contributed by atoms with E-state index in [1.54, 1.807) is 12.4 Å². The van der Waals surface area contributed by atoms with Gasteiger partial charge in [0.25, 0.3) is 0 Å². The molecule has 2 aromatic rings. The van der Waals surface area contributed by atoms with E-state index in [2.05, 4.69) is 33.4 Å². The molecule has 0 bridgehead atoms. The number of benzene rings is 1. The summed E-state index contributed by atoms with van der Waals surface area (Å²) in [6.07, 6.45) is 4.36. The molecule has 0 aliphatic carbocycles. The number of piperazine rings is 1. The molecule has 6 nitrogen and oxygen atoms in total. The van der Waals surface area contributed by atoms with Gasteiger partial charge in [0, 0.05) is 45.3 Å². The van der Waals surface area contributed by atoms with Crippen molar-refractivity contribution in [3.05, 3.63) is 53.9 Å². The number of fused-ring (bicyclic) bond motifs is 1. The van der Waals surface area contributed by atoms with Gasteiger partial charge >= 0.3 is 6.03 Å². The van der Waals surface area contributed by atoms with Crippen molar-refractivity contribution in [2.45, 2.75) is 13.0 Å². The van der Waals surface area contributed by atoms with Crippen LogP contribution < -0.4 is 10.1 Å². The Bertz CT molecular complexity index is 742. The third-order valence-corrected chi connectivity index (χ3v) is 4.73. The number of anilines is 1. The summed E-state index contributed by atoms with van der Waals surface area (Å²) >= 11 is 0. The predicted octanol–water partition coefficient (Wildman–Crippen LogP) is 2.37. The van der Waals surface area contributed by atoms with Gasteiger partial charge in [-0.25, -0.2) is 4.79 Å². The Morgan fingerprint density at radius 3 is 2.88 bits per heavy atom. The van der Waals surface area contributed by atoms with Crippen LogP contribution in [0.4, 0.5) is 10.5 Å². The van der Waals surface area contributed by atoms with Gasteiger partial charge in [-0.3, -0.25) is 9.88 Å². The number of rotatable bonds is 3. The maximum atomic E-state index is 12.3. The molecule has 3 heterocycles. The van der Waals surface area contributed by atoms with Crippen LogP contribution in [0, 0.1) is 0 Å². The summed E-state index contributed by atoms with van der Waals surface area (Å²) in [7, 11) is 0. The van der Waals surface area contributed by atoms with E-state index in [4.69, 9.17) is 4.74 Å². The van der Waals surface area contributed by atoms with Crippen LogP contribution in [0.25, 0.3) is 0 Å². The van der Waals surface area contributed by atoms with Crippen LogP contribution in [0.5, 0.6) is 5.75 Å². The Hall–Kier alpha value is -2.60. The van der Waals surface area contributed by atoms with Gasteiger partial charge < -0.3 is 15.0 Å². The Kier molecular flexibility index (Phi) is 4.52. The van der Waals surface area contributed by atoms with Gasteiger partial charge in [0.15, 0.2) is 0 Å². The lowest BCUT2D eigenvalue weighted by molar-refractivity contribution is 0.143. The lowest BCUT2D eigenvalue weighted by atomic mass is 10.1. The Morgan fingerprint density at radius 1 is 1.20 bits per heavy atom. The molecule has 2 aliphatic rings. The largest absolute Gasteiger partial charge is 0.493 e. The van der Waals surface area contributed by atoms with E-state index < -0.39 is 0 Å². The third-order valence-electron chi connectivity index (χ3n) is 4.73. The first-order valence-electron chi connectivity index (χ1n) is 8.71. The van der Waals surface area contributed by atoms with Crippen molar-refractivity contribution in [3.63, 3.8) is 0 Å². The van der Waals surface area contributed by atoms with E-state index in [9.17, 15) is 4.79 Å². The van der Waals surface area contributed by atoms with E-state index >= 15 is 0 Å². The van der Waals surface area contributed by atoms with Crippen molar-refractivity contribution in [1.82, 2.24) is 14.8 Å². The average Bonchev–Trinajstić information content (AvgIpc) is 3.11. The number of ether oxygens (including phenoxy) is 1. The van der Waals surface area contributed by atoms with Crippen LogP contribution in [0.15, 0.2) is 42.7 Å². The van der Waals surface area contributed by atoms with Crippen LogP contribution in [0.3, 0.4) is 0 Å². The lowest BCUT2D eigenvalue weighted by Gasteiger charge is -2.34. The number of pyridine rings is 1. The smallest absolute Gasteiger partial charge is 0.321 e. The number of hydrogen-bond donors (Lipinski definition) is 1. The minimum absolute atomic E-state index is 0.0534. The normalized spacial score (nSPS) is 17.0. The number of urea groups is 1. The lowest BCUT2D eigenvalue weighted by Crippen LogP contribution is -2.49. The molecule has 1 saturated heterocycles. The first kappa shape index (κ1) is 15.9.